The topological polar surface area (TPSA) is 519 Å². The molecule has 2 aromatic carbocycles. The number of nitrogens with zero attached hydrogens (tertiary/aromatic N) is 5. The van der Waals surface area contributed by atoms with Crippen molar-refractivity contribution in [2.75, 3.05) is 227 Å². The van der Waals surface area contributed by atoms with Gasteiger partial charge in [-0.1, -0.05) is 91.3 Å². The van der Waals surface area contributed by atoms with Crippen LogP contribution in [0.4, 0.5) is 4.79 Å². The maximum absolute atomic E-state index is 15.0. The number of hydrogen-bond donors (Lipinski definition) is 9. The van der Waals surface area contributed by atoms with E-state index in [-0.39, 0.29) is 112 Å². The van der Waals surface area contributed by atoms with Gasteiger partial charge in [-0.25, -0.2) is 9.59 Å². The Morgan fingerprint density at radius 3 is 1.62 bits per heavy atom. The van der Waals surface area contributed by atoms with Crippen molar-refractivity contribution in [1.29, 1.82) is 0 Å². The number of amides is 10. The Balaban J connectivity index is 0.978. The van der Waals surface area contributed by atoms with E-state index < -0.39 is 170 Å². The molecule has 0 radical (unpaired) electrons. The second-order valence-corrected chi connectivity index (χ2v) is 34.3. The Kier molecular flexibility index (Phi) is 53.9. The monoisotopic (exact) mass is 1940 g/mol. The van der Waals surface area contributed by atoms with E-state index in [0.717, 1.165) is 22.0 Å². The largest absolute Gasteiger partial charge is 0.479 e. The molecular weight excluding hydrogens is 1790 g/mol. The van der Waals surface area contributed by atoms with E-state index in [1.807, 2.05) is 19.9 Å². The van der Waals surface area contributed by atoms with Gasteiger partial charge in [-0.2, -0.15) is 0 Å². The number of benzene rings is 2. The third kappa shape index (κ3) is 38.9. The smallest absolute Gasteiger partial charge is 0.410 e. The molecule has 9 N–H and O–H groups in total. The average molecular weight is 1940 g/mol. The van der Waals surface area contributed by atoms with Crippen molar-refractivity contribution in [2.24, 2.45) is 23.7 Å². The summed E-state index contributed by atoms with van der Waals surface area (Å²) in [5, 5.41) is 64.3. The molecule has 0 spiro atoms. The Morgan fingerprint density at radius 1 is 0.596 bits per heavy atom. The Morgan fingerprint density at radius 2 is 1.12 bits per heavy atom. The van der Waals surface area contributed by atoms with E-state index in [1.54, 1.807) is 84.9 Å². The standard InChI is InChI=1S/C93H149N9O34/c1-14-63(6)80(71(120-12)54-77(108)101-28-18-21-69(101)85(121-13)64(7)87(113)96-65(8)81(109)67-19-16-15-17-20-67)98(9)89(115)78(61(2)3)97-88(114)79(62(4)5)99(10)92(118)133-56-66-22-23-70(135-91-84(112)82(110)83(111)86(136-91)90(116)117)68(53-66)55-94-73(104)57-134-93(58-95-72(103)26-29-102-75(106)24-25-76(102)107)59-100(60-93)74(105)27-30-122-33-34-124-37-38-126-41-42-128-45-46-130-49-50-132-52-51-131-48-47-129-44-43-127-40-39-125-36-35-123-32-31-119-11/h15-17,19-20,22-25,53,61-65,69,71,78-86,91,109-112H,14,18,21,26-52,54-60H2,1-13H3,(H,94,104)(H,95,103)(H,96,113)(H,97,114)(H,116,117)/t63-,64+,65+,69-,71+,78-,79-,80-,81+,82-,83-,84+,85+,86-,91+/m0/s1. The highest BCUT2D eigenvalue weighted by Gasteiger charge is 2.50. The molecule has 0 unspecified atom stereocenters. The lowest BCUT2D eigenvalue weighted by molar-refractivity contribution is -0.271. The third-order valence-corrected chi connectivity index (χ3v) is 23.6. The van der Waals surface area contributed by atoms with Gasteiger partial charge < -0.3 is 147 Å². The van der Waals surface area contributed by atoms with Gasteiger partial charge in [-0.15, -0.1) is 0 Å². The van der Waals surface area contributed by atoms with Crippen LogP contribution in [0.5, 0.6) is 5.75 Å². The maximum Gasteiger partial charge on any atom is 0.410 e. The minimum atomic E-state index is -2.07. The molecule has 2 aromatic rings. The van der Waals surface area contributed by atoms with Crippen LogP contribution in [0, 0.1) is 23.7 Å². The fourth-order valence-corrected chi connectivity index (χ4v) is 15.7. The van der Waals surface area contributed by atoms with Gasteiger partial charge in [0.1, 0.15) is 55.0 Å². The summed E-state index contributed by atoms with van der Waals surface area (Å²) in [6.45, 7) is 21.3. The molecule has 0 bridgehead atoms. The van der Waals surface area contributed by atoms with Crippen LogP contribution in [0.25, 0.3) is 0 Å². The number of aliphatic hydroxyl groups is 4. The lowest BCUT2D eigenvalue weighted by Crippen LogP contribution is -2.69. The molecule has 15 atom stereocenters. The van der Waals surface area contributed by atoms with Gasteiger partial charge in [0, 0.05) is 79.2 Å². The number of hydrogen-bond acceptors (Lipinski definition) is 33. The zero-order valence-electron chi connectivity index (χ0n) is 81.1. The lowest BCUT2D eigenvalue weighted by Gasteiger charge is -2.49. The number of aliphatic hydroxyl groups excluding tert-OH is 4. The molecule has 136 heavy (non-hydrogen) atoms. The first-order valence-electron chi connectivity index (χ1n) is 46.6. The second-order valence-electron chi connectivity index (χ2n) is 34.3. The zero-order chi connectivity index (χ0) is 99.7. The zero-order valence-corrected chi connectivity index (χ0v) is 81.1. The number of nitrogens with one attached hydrogen (secondary N) is 4. The predicted molar refractivity (Wildman–Crippen MR) is 486 cm³/mol. The van der Waals surface area contributed by atoms with Gasteiger partial charge in [0.05, 0.1) is 227 Å². The number of rotatable bonds is 71. The van der Waals surface area contributed by atoms with E-state index in [2.05, 4.69) is 21.3 Å². The number of imide groups is 1. The number of aliphatic carboxylic acids is 1. The Hall–Kier alpha value is -8.65. The number of carbonyl (C=O) groups excluding carboxylic acids is 10. The Bertz CT molecular complexity index is 3930. The van der Waals surface area contributed by atoms with E-state index in [4.69, 9.17) is 85.3 Å². The van der Waals surface area contributed by atoms with Gasteiger partial charge in [0.2, 0.25) is 47.6 Å². The molecule has 0 aliphatic carbocycles. The number of carboxylic acids is 1. The van der Waals surface area contributed by atoms with Crippen LogP contribution < -0.4 is 26.0 Å². The van der Waals surface area contributed by atoms with Crippen molar-refractivity contribution in [3.8, 4) is 5.75 Å². The predicted octanol–water partition coefficient (Wildman–Crippen LogP) is 0.714. The molecule has 6 rings (SSSR count). The van der Waals surface area contributed by atoms with Crippen LogP contribution in [0.2, 0.25) is 0 Å². The van der Waals surface area contributed by atoms with Crippen LogP contribution >= 0.6 is 0 Å². The molecule has 3 fully saturated rings. The molecule has 43 heteroatoms. The van der Waals surface area contributed by atoms with Crippen LogP contribution in [-0.2, 0) is 142 Å². The molecule has 4 aliphatic heterocycles. The molecule has 0 aromatic heterocycles. The van der Waals surface area contributed by atoms with Crippen LogP contribution in [0.15, 0.2) is 60.7 Å². The summed E-state index contributed by atoms with van der Waals surface area (Å²) in [5.41, 5.74) is -0.375. The van der Waals surface area contributed by atoms with Gasteiger partial charge in [-0.3, -0.25) is 53.0 Å². The fraction of sp³-hybridized carbons (Fsp3) is 0.731. The molecule has 43 nitrogen and oxygen atoms in total. The first kappa shape index (κ1) is 116. The Labute approximate surface area is 796 Å². The highest BCUT2D eigenvalue weighted by atomic mass is 16.7. The van der Waals surface area contributed by atoms with Crippen LogP contribution in [-0.4, -0.2) is 421 Å². The summed E-state index contributed by atoms with van der Waals surface area (Å²) in [6, 6.07) is 8.88. The number of likely N-dealkylation sites (N-methyl/N-ethyl adjacent to an activating group) is 2. The summed E-state index contributed by atoms with van der Waals surface area (Å²) in [4.78, 5) is 156. The quantitative estimate of drug-likeness (QED) is 0.0325. The normalized spacial score (nSPS) is 19.6. The number of ether oxygens (including phenoxy) is 18. The van der Waals surface area contributed by atoms with Crippen molar-refractivity contribution >= 4 is 65.2 Å². The van der Waals surface area contributed by atoms with Crippen molar-refractivity contribution in [1.82, 2.24) is 45.8 Å². The van der Waals surface area contributed by atoms with Gasteiger partial charge in [-0.05, 0) is 60.8 Å². The molecule has 3 saturated heterocycles. The molecule has 4 aliphatic rings. The van der Waals surface area contributed by atoms with Crippen LogP contribution in [0.3, 0.4) is 0 Å². The molecule has 10 amide bonds. The van der Waals surface area contributed by atoms with E-state index in [9.17, 15) is 73.5 Å². The SMILES string of the molecule is CC[C@H](C)[C@@H]([C@@H](CC(=O)N1CCC[C@H]1[C@H](OC)[C@@H](C)C(=O)N[C@H](C)[C@@H](O)c1ccccc1)OC)N(C)C(=O)[C@@H](NC(=O)[C@H](C(C)C)N(C)C(=O)OCc1ccc(O[C@@H]2O[C@H](C(=O)O)[C@@H](O)[C@H](O)[C@H]2O)c(CNC(=O)COC2(CNC(=O)CCN3C(=O)C=CC3=O)CN(C(=O)CCOCCOCCOCCOCCOCCOCCOCCOCCOCCOCCOCCOC)C2)c1)C(C)C. The lowest BCUT2D eigenvalue weighted by atomic mass is 9.89. The van der Waals surface area contributed by atoms with E-state index in [0.29, 0.717) is 157 Å². The minimum Gasteiger partial charge on any atom is -0.479 e. The van der Waals surface area contributed by atoms with Crippen molar-refractivity contribution in [3.05, 3.63) is 77.4 Å². The number of carbonyl (C=O) groups is 11. The number of likely N-dealkylation sites (tertiary alicyclic amines) is 2. The first-order valence-corrected chi connectivity index (χ1v) is 46.6. The van der Waals surface area contributed by atoms with Crippen molar-refractivity contribution in [3.63, 3.8) is 0 Å². The third-order valence-electron chi connectivity index (χ3n) is 23.6. The van der Waals surface area contributed by atoms with Crippen LogP contribution in [0.1, 0.15) is 117 Å². The van der Waals surface area contributed by atoms with Crippen molar-refractivity contribution in [2.45, 2.75) is 192 Å². The fourth-order valence-electron chi connectivity index (χ4n) is 15.7. The maximum atomic E-state index is 15.0. The molecular formula is C93H149N9O34. The van der Waals surface area contributed by atoms with Gasteiger partial charge >= 0.3 is 12.1 Å². The summed E-state index contributed by atoms with van der Waals surface area (Å²) in [6.07, 6.45) is -10.2. The van der Waals surface area contributed by atoms with E-state index >= 15 is 4.79 Å². The average Bonchev–Trinajstić information content (AvgIpc) is 0.795. The number of carboxylic acid groups (broad SMARTS) is 1. The highest BCUT2D eigenvalue weighted by Crippen LogP contribution is 2.33. The first-order chi connectivity index (χ1) is 65.2. The van der Waals surface area contributed by atoms with E-state index in [1.165, 1.54) is 49.3 Å². The van der Waals surface area contributed by atoms with Gasteiger partial charge in [0.15, 0.2) is 6.10 Å². The summed E-state index contributed by atoms with van der Waals surface area (Å²) >= 11 is 0. The minimum absolute atomic E-state index is 0.0253. The molecule has 770 valence electrons. The summed E-state index contributed by atoms with van der Waals surface area (Å²) in [7, 11) is 7.51. The summed E-state index contributed by atoms with van der Waals surface area (Å²) in [5.74, 6) is -8.64. The van der Waals surface area contributed by atoms with Crippen molar-refractivity contribution < 1.29 is 164 Å². The highest BCUT2D eigenvalue weighted by molar-refractivity contribution is 6.13. The molecule has 0 saturated carbocycles. The van der Waals surface area contributed by atoms with Gasteiger partial charge in [0.25, 0.3) is 11.8 Å². The number of methoxy groups -OCH3 is 3. The summed E-state index contributed by atoms with van der Waals surface area (Å²) < 4.78 is 101. The molecule has 4 heterocycles. The second kappa shape index (κ2) is 63.1.